The molecule has 1 N–H and O–H groups in total. The number of aromatic nitrogens is 1. The maximum Gasteiger partial charge on any atom is 0.416 e. The van der Waals surface area contributed by atoms with Gasteiger partial charge in [-0.15, -0.1) is 0 Å². The number of pyridine rings is 1. The van der Waals surface area contributed by atoms with Crippen molar-refractivity contribution < 1.29 is 22.7 Å². The zero-order valence-corrected chi connectivity index (χ0v) is 10.6. The fraction of sp³-hybridized carbons (Fsp3) is 0.154. The monoisotopic (exact) mass is 305 g/mol. The van der Waals surface area contributed by atoms with E-state index in [4.69, 9.17) is 11.6 Å². The predicted octanol–water partition coefficient (Wildman–Crippen LogP) is 3.97. The molecule has 2 nitrogen and oxygen atoms in total. The molecule has 0 aliphatic rings. The Bertz CT molecular complexity index is 610. The molecule has 1 heterocycles. The summed E-state index contributed by atoms with van der Waals surface area (Å²) in [5, 5.41) is 9.88. The summed E-state index contributed by atoms with van der Waals surface area (Å²) in [7, 11) is 0. The number of rotatable bonds is 2. The summed E-state index contributed by atoms with van der Waals surface area (Å²) in [5.74, 6) is -0.887. The van der Waals surface area contributed by atoms with Gasteiger partial charge >= 0.3 is 6.18 Å². The lowest BCUT2D eigenvalue weighted by molar-refractivity contribution is -0.139. The highest BCUT2D eigenvalue weighted by atomic mass is 35.5. The van der Waals surface area contributed by atoms with E-state index in [0.29, 0.717) is 6.07 Å². The molecule has 1 aromatic heterocycles. The minimum Gasteiger partial charge on any atom is -0.383 e. The SMILES string of the molecule is OC(c1cnccc1C(F)(F)F)c1c(F)cccc1Cl. The molecule has 0 saturated heterocycles. The highest BCUT2D eigenvalue weighted by Crippen LogP contribution is 2.38. The molecule has 1 aromatic carbocycles. The van der Waals surface area contributed by atoms with E-state index in [9.17, 15) is 22.7 Å². The zero-order valence-electron chi connectivity index (χ0n) is 9.83. The molecule has 0 radical (unpaired) electrons. The number of aliphatic hydroxyl groups is 1. The third kappa shape index (κ3) is 2.76. The number of nitrogens with zero attached hydrogens (tertiary/aromatic N) is 1. The van der Waals surface area contributed by atoms with Crippen LogP contribution in [0.25, 0.3) is 0 Å². The largest absolute Gasteiger partial charge is 0.416 e. The molecule has 0 aliphatic carbocycles. The minimum atomic E-state index is -4.68. The number of hydrogen-bond acceptors (Lipinski definition) is 2. The van der Waals surface area contributed by atoms with Gasteiger partial charge in [-0.2, -0.15) is 13.2 Å². The van der Waals surface area contributed by atoms with E-state index in [0.717, 1.165) is 18.5 Å². The van der Waals surface area contributed by atoms with Gasteiger partial charge in [0.15, 0.2) is 0 Å². The van der Waals surface area contributed by atoms with Gasteiger partial charge in [0.1, 0.15) is 11.9 Å². The Kier molecular flexibility index (Phi) is 3.96. The third-order valence-electron chi connectivity index (χ3n) is 2.73. The first-order valence-corrected chi connectivity index (χ1v) is 5.83. The van der Waals surface area contributed by atoms with Crippen molar-refractivity contribution in [2.24, 2.45) is 0 Å². The topological polar surface area (TPSA) is 33.1 Å². The van der Waals surface area contributed by atoms with Gasteiger partial charge in [0.05, 0.1) is 5.56 Å². The highest BCUT2D eigenvalue weighted by molar-refractivity contribution is 6.31. The summed E-state index contributed by atoms with van der Waals surface area (Å²) in [6, 6.07) is 4.30. The van der Waals surface area contributed by atoms with Crippen LogP contribution < -0.4 is 0 Å². The molecule has 0 spiro atoms. The van der Waals surface area contributed by atoms with Crippen LogP contribution in [0.3, 0.4) is 0 Å². The molecule has 1 atom stereocenters. The van der Waals surface area contributed by atoms with Crippen LogP contribution in [-0.4, -0.2) is 10.1 Å². The maximum absolute atomic E-state index is 13.7. The van der Waals surface area contributed by atoms with Crippen LogP contribution in [0, 0.1) is 5.82 Å². The summed E-state index contributed by atoms with van der Waals surface area (Å²) >= 11 is 5.74. The van der Waals surface area contributed by atoms with Gasteiger partial charge in [-0.05, 0) is 18.2 Å². The minimum absolute atomic E-state index is 0.158. The molecule has 0 aliphatic heterocycles. The Balaban J connectivity index is 2.58. The fourth-order valence-electron chi connectivity index (χ4n) is 1.81. The van der Waals surface area contributed by atoms with Gasteiger partial charge < -0.3 is 5.11 Å². The Morgan fingerprint density at radius 2 is 1.90 bits per heavy atom. The van der Waals surface area contributed by atoms with Crippen molar-refractivity contribution >= 4 is 11.6 Å². The Hall–Kier alpha value is -1.66. The number of hydrogen-bond donors (Lipinski definition) is 1. The van der Waals surface area contributed by atoms with E-state index < -0.39 is 34.8 Å². The van der Waals surface area contributed by atoms with E-state index in [1.807, 2.05) is 0 Å². The molecule has 0 bridgehead atoms. The molecule has 2 aromatic rings. The summed E-state index contributed by atoms with van der Waals surface area (Å²) in [6.07, 6.45) is -4.75. The van der Waals surface area contributed by atoms with Gasteiger partial charge in [-0.25, -0.2) is 4.39 Å². The van der Waals surface area contributed by atoms with E-state index in [2.05, 4.69) is 4.98 Å². The van der Waals surface area contributed by atoms with Crippen molar-refractivity contribution in [3.63, 3.8) is 0 Å². The van der Waals surface area contributed by atoms with Crippen LogP contribution in [0.2, 0.25) is 5.02 Å². The lowest BCUT2D eigenvalue weighted by Crippen LogP contribution is -2.14. The molecular weight excluding hydrogens is 298 g/mol. The van der Waals surface area contributed by atoms with Crippen LogP contribution in [0.5, 0.6) is 0 Å². The standard InChI is InChI=1S/C13H8ClF4NO/c14-9-2-1-3-10(15)11(9)12(20)7-6-19-5-4-8(7)13(16,17)18/h1-6,12,20H. The molecule has 0 amide bonds. The second kappa shape index (κ2) is 5.38. The molecular formula is C13H8ClF4NO. The number of aliphatic hydroxyl groups excluding tert-OH is 1. The quantitative estimate of drug-likeness (QED) is 0.852. The first kappa shape index (κ1) is 14.7. The summed E-state index contributed by atoms with van der Waals surface area (Å²) in [5.41, 5.74) is -2.04. The molecule has 2 rings (SSSR count). The Morgan fingerprint density at radius 1 is 1.20 bits per heavy atom. The van der Waals surface area contributed by atoms with Gasteiger partial charge in [0.2, 0.25) is 0 Å². The van der Waals surface area contributed by atoms with E-state index in [1.165, 1.54) is 12.1 Å². The smallest absolute Gasteiger partial charge is 0.383 e. The zero-order chi connectivity index (χ0) is 14.9. The average molecular weight is 306 g/mol. The molecule has 0 saturated carbocycles. The molecule has 7 heteroatoms. The van der Waals surface area contributed by atoms with Crippen molar-refractivity contribution in [3.8, 4) is 0 Å². The second-order valence-electron chi connectivity index (χ2n) is 4.00. The van der Waals surface area contributed by atoms with Crippen LogP contribution in [-0.2, 0) is 6.18 Å². The lowest BCUT2D eigenvalue weighted by Gasteiger charge is -2.18. The van der Waals surface area contributed by atoms with Crippen molar-refractivity contribution in [1.82, 2.24) is 4.98 Å². The Morgan fingerprint density at radius 3 is 2.50 bits per heavy atom. The molecule has 0 fully saturated rings. The molecule has 106 valence electrons. The Labute approximate surface area is 116 Å². The van der Waals surface area contributed by atoms with E-state index in [1.54, 1.807) is 0 Å². The van der Waals surface area contributed by atoms with Crippen molar-refractivity contribution in [2.45, 2.75) is 12.3 Å². The average Bonchev–Trinajstić information content (AvgIpc) is 2.37. The summed E-state index contributed by atoms with van der Waals surface area (Å²) in [4.78, 5) is 3.54. The van der Waals surface area contributed by atoms with Crippen LogP contribution in [0.4, 0.5) is 17.6 Å². The van der Waals surface area contributed by atoms with Crippen molar-refractivity contribution in [1.29, 1.82) is 0 Å². The first-order valence-electron chi connectivity index (χ1n) is 5.45. The fourth-order valence-corrected chi connectivity index (χ4v) is 2.08. The summed E-state index contributed by atoms with van der Waals surface area (Å²) in [6.45, 7) is 0. The van der Waals surface area contributed by atoms with Crippen molar-refractivity contribution in [2.75, 3.05) is 0 Å². The van der Waals surface area contributed by atoms with E-state index in [-0.39, 0.29) is 5.02 Å². The molecule has 1 unspecified atom stereocenters. The van der Waals surface area contributed by atoms with Gasteiger partial charge in [-0.3, -0.25) is 4.98 Å². The van der Waals surface area contributed by atoms with Crippen LogP contribution in [0.1, 0.15) is 22.8 Å². The van der Waals surface area contributed by atoms with Crippen LogP contribution >= 0.6 is 11.6 Å². The summed E-state index contributed by atoms with van der Waals surface area (Å²) < 4.78 is 52.2. The van der Waals surface area contributed by atoms with Crippen molar-refractivity contribution in [3.05, 3.63) is 64.2 Å². The maximum atomic E-state index is 13.7. The number of alkyl halides is 3. The van der Waals surface area contributed by atoms with E-state index >= 15 is 0 Å². The second-order valence-corrected chi connectivity index (χ2v) is 4.41. The van der Waals surface area contributed by atoms with Crippen LogP contribution in [0.15, 0.2) is 36.7 Å². The van der Waals surface area contributed by atoms with Gasteiger partial charge in [0.25, 0.3) is 0 Å². The normalized spacial score (nSPS) is 13.3. The predicted molar refractivity (Wildman–Crippen MR) is 64.7 cm³/mol. The number of benzene rings is 1. The third-order valence-corrected chi connectivity index (χ3v) is 3.05. The first-order chi connectivity index (χ1) is 9.32. The van der Waals surface area contributed by atoms with Gasteiger partial charge in [-0.1, -0.05) is 17.7 Å². The van der Waals surface area contributed by atoms with Gasteiger partial charge in [0, 0.05) is 28.5 Å². The molecule has 20 heavy (non-hydrogen) atoms. The highest BCUT2D eigenvalue weighted by Gasteiger charge is 2.36. The number of halogens is 5. The lowest BCUT2D eigenvalue weighted by atomic mass is 9.98.